The fourth-order valence-corrected chi connectivity index (χ4v) is 3.32. The Morgan fingerprint density at radius 2 is 2.24 bits per heavy atom. The summed E-state index contributed by atoms with van der Waals surface area (Å²) in [6.07, 6.45) is 0.920. The van der Waals surface area contributed by atoms with Crippen molar-refractivity contribution < 1.29 is 12.8 Å². The lowest BCUT2D eigenvalue weighted by Crippen LogP contribution is -2.28. The first-order valence-corrected chi connectivity index (χ1v) is 7.66. The second-order valence-corrected chi connectivity index (χ2v) is 6.38. The van der Waals surface area contributed by atoms with Crippen molar-refractivity contribution in [3.8, 4) is 0 Å². The van der Waals surface area contributed by atoms with Gasteiger partial charge in [0, 0.05) is 12.6 Å². The second-order valence-electron chi connectivity index (χ2n) is 3.92. The van der Waals surface area contributed by atoms with Crippen molar-refractivity contribution in [1.29, 1.82) is 0 Å². The van der Waals surface area contributed by atoms with Crippen molar-refractivity contribution >= 4 is 26.0 Å². The van der Waals surface area contributed by atoms with E-state index >= 15 is 0 Å². The first-order chi connectivity index (χ1) is 7.90. The van der Waals surface area contributed by atoms with Crippen LogP contribution in [0.5, 0.6) is 0 Å². The average molecular weight is 325 g/mol. The molecule has 0 aliphatic heterocycles. The van der Waals surface area contributed by atoms with Crippen LogP contribution in [0, 0.1) is 5.92 Å². The molecule has 0 amide bonds. The lowest BCUT2D eigenvalue weighted by atomic mass is 10.1. The van der Waals surface area contributed by atoms with Crippen molar-refractivity contribution in [1.82, 2.24) is 4.72 Å². The van der Waals surface area contributed by atoms with Crippen LogP contribution >= 0.6 is 15.9 Å². The average Bonchev–Trinajstić information content (AvgIpc) is 2.68. The van der Waals surface area contributed by atoms with E-state index < -0.39 is 10.0 Å². The Bertz CT molecular complexity index is 470. The number of rotatable bonds is 6. The third kappa shape index (κ3) is 3.80. The van der Waals surface area contributed by atoms with Crippen LogP contribution in [-0.2, 0) is 16.6 Å². The molecule has 1 heterocycles. The van der Waals surface area contributed by atoms with Crippen LogP contribution < -0.4 is 10.5 Å². The minimum atomic E-state index is -3.53. The molecule has 0 saturated heterocycles. The van der Waals surface area contributed by atoms with Gasteiger partial charge in [-0.25, -0.2) is 13.1 Å². The predicted octanol–water partition coefficient (Wildman–Crippen LogP) is 1.83. The zero-order valence-corrected chi connectivity index (χ0v) is 12.3. The van der Waals surface area contributed by atoms with Gasteiger partial charge in [-0.15, -0.1) is 0 Å². The Kier molecular flexibility index (Phi) is 5.18. The van der Waals surface area contributed by atoms with Crippen molar-refractivity contribution in [2.24, 2.45) is 11.7 Å². The molecule has 0 spiro atoms. The van der Waals surface area contributed by atoms with Gasteiger partial charge in [0.05, 0.1) is 6.54 Å². The second kappa shape index (κ2) is 5.99. The van der Waals surface area contributed by atoms with Crippen LogP contribution in [0.1, 0.15) is 26.0 Å². The molecule has 0 aliphatic rings. The molecule has 1 rings (SSSR count). The van der Waals surface area contributed by atoms with E-state index in [1.165, 1.54) is 6.07 Å². The molecule has 17 heavy (non-hydrogen) atoms. The van der Waals surface area contributed by atoms with Gasteiger partial charge in [-0.1, -0.05) is 20.3 Å². The maximum absolute atomic E-state index is 12.0. The van der Waals surface area contributed by atoms with Gasteiger partial charge in [0.1, 0.15) is 10.7 Å². The topological polar surface area (TPSA) is 85.3 Å². The van der Waals surface area contributed by atoms with Gasteiger partial charge in [0.15, 0.2) is 4.67 Å². The van der Waals surface area contributed by atoms with Crippen LogP contribution in [0.4, 0.5) is 0 Å². The Morgan fingerprint density at radius 3 is 2.71 bits per heavy atom. The molecule has 0 radical (unpaired) electrons. The highest BCUT2D eigenvalue weighted by Crippen LogP contribution is 2.25. The smallest absolute Gasteiger partial charge is 0.244 e. The molecule has 0 saturated carbocycles. The summed E-state index contributed by atoms with van der Waals surface area (Å²) < 4.78 is 31.8. The van der Waals surface area contributed by atoms with E-state index in [-0.39, 0.29) is 16.1 Å². The molecular weight excluding hydrogens is 308 g/mol. The van der Waals surface area contributed by atoms with E-state index in [0.717, 1.165) is 6.42 Å². The first kappa shape index (κ1) is 14.7. The van der Waals surface area contributed by atoms with Crippen LogP contribution in [-0.4, -0.2) is 15.0 Å². The Balaban J connectivity index is 2.85. The standard InChI is InChI=1S/C10H17BrN2O3S/c1-3-7(2)6-13-17(14,15)9-4-8(5-12)16-10(9)11/h4,7,13H,3,5-6,12H2,1-2H3. The maximum atomic E-state index is 12.0. The number of hydrogen-bond donors (Lipinski definition) is 2. The summed E-state index contributed by atoms with van der Waals surface area (Å²) in [6, 6.07) is 1.43. The van der Waals surface area contributed by atoms with E-state index in [2.05, 4.69) is 20.7 Å². The fraction of sp³-hybridized carbons (Fsp3) is 0.600. The molecule has 1 atom stereocenters. The summed E-state index contributed by atoms with van der Waals surface area (Å²) in [5.74, 6) is 0.727. The normalized spacial score (nSPS) is 13.9. The van der Waals surface area contributed by atoms with E-state index in [4.69, 9.17) is 10.2 Å². The van der Waals surface area contributed by atoms with Gasteiger partial charge >= 0.3 is 0 Å². The highest BCUT2D eigenvalue weighted by Gasteiger charge is 2.22. The zero-order chi connectivity index (χ0) is 13.1. The van der Waals surface area contributed by atoms with Crippen molar-refractivity contribution in [2.45, 2.75) is 31.7 Å². The molecule has 1 aromatic heterocycles. The van der Waals surface area contributed by atoms with Crippen molar-refractivity contribution in [3.05, 3.63) is 16.5 Å². The van der Waals surface area contributed by atoms with Crippen LogP contribution in [0.25, 0.3) is 0 Å². The minimum Gasteiger partial charge on any atom is -0.452 e. The molecule has 98 valence electrons. The van der Waals surface area contributed by atoms with Crippen molar-refractivity contribution in [2.75, 3.05) is 6.54 Å². The lowest BCUT2D eigenvalue weighted by Gasteiger charge is -2.09. The zero-order valence-electron chi connectivity index (χ0n) is 9.86. The fourth-order valence-electron chi connectivity index (χ4n) is 1.16. The summed E-state index contributed by atoms with van der Waals surface area (Å²) >= 11 is 3.08. The first-order valence-electron chi connectivity index (χ1n) is 5.38. The Morgan fingerprint density at radius 1 is 1.59 bits per heavy atom. The number of sulfonamides is 1. The number of halogens is 1. The lowest BCUT2D eigenvalue weighted by molar-refractivity contribution is 0.482. The maximum Gasteiger partial charge on any atom is 0.244 e. The SMILES string of the molecule is CCC(C)CNS(=O)(=O)c1cc(CN)oc1Br. The van der Waals surface area contributed by atoms with Gasteiger partial charge in [0.2, 0.25) is 10.0 Å². The summed E-state index contributed by atoms with van der Waals surface area (Å²) in [5, 5.41) is 0. The molecule has 0 fully saturated rings. The highest BCUT2D eigenvalue weighted by atomic mass is 79.9. The van der Waals surface area contributed by atoms with Crippen LogP contribution in [0.2, 0.25) is 0 Å². The molecule has 5 nitrogen and oxygen atoms in total. The van der Waals surface area contributed by atoms with E-state index in [1.54, 1.807) is 0 Å². The summed E-state index contributed by atoms with van der Waals surface area (Å²) in [6.45, 7) is 4.57. The number of furan rings is 1. The number of nitrogens with two attached hydrogens (primary N) is 1. The van der Waals surface area contributed by atoms with E-state index in [0.29, 0.717) is 18.2 Å². The van der Waals surface area contributed by atoms with E-state index in [9.17, 15) is 8.42 Å². The Hall–Kier alpha value is -0.370. The third-order valence-electron chi connectivity index (χ3n) is 2.52. The summed E-state index contributed by atoms with van der Waals surface area (Å²) in [5.41, 5.74) is 5.39. The van der Waals surface area contributed by atoms with Crippen LogP contribution in [0.15, 0.2) is 20.0 Å². The molecule has 3 N–H and O–H groups in total. The van der Waals surface area contributed by atoms with Crippen molar-refractivity contribution in [3.63, 3.8) is 0 Å². The molecule has 7 heteroatoms. The monoisotopic (exact) mass is 324 g/mol. The Labute approximate surface area is 110 Å². The molecule has 0 bridgehead atoms. The third-order valence-corrected chi connectivity index (χ3v) is 4.80. The highest BCUT2D eigenvalue weighted by molar-refractivity contribution is 9.10. The van der Waals surface area contributed by atoms with Gasteiger partial charge in [-0.05, 0) is 21.8 Å². The van der Waals surface area contributed by atoms with E-state index in [1.807, 2.05) is 13.8 Å². The largest absolute Gasteiger partial charge is 0.452 e. The molecule has 0 aromatic carbocycles. The quantitative estimate of drug-likeness (QED) is 0.835. The summed E-state index contributed by atoms with van der Waals surface area (Å²) in [4.78, 5) is 0.0984. The number of nitrogens with one attached hydrogen (secondary N) is 1. The molecule has 1 unspecified atom stereocenters. The van der Waals surface area contributed by atoms with Gasteiger partial charge < -0.3 is 10.2 Å². The summed E-state index contributed by atoms with van der Waals surface area (Å²) in [7, 11) is -3.53. The number of hydrogen-bond acceptors (Lipinski definition) is 4. The molecule has 0 aliphatic carbocycles. The minimum absolute atomic E-state index is 0.0984. The van der Waals surface area contributed by atoms with Crippen LogP contribution in [0.3, 0.4) is 0 Å². The predicted molar refractivity (Wildman–Crippen MR) is 68.9 cm³/mol. The molecular formula is C10H17BrN2O3S. The molecule has 1 aromatic rings. The van der Waals surface area contributed by atoms with Gasteiger partial charge in [-0.2, -0.15) is 0 Å². The van der Waals surface area contributed by atoms with Gasteiger partial charge in [0.25, 0.3) is 0 Å². The van der Waals surface area contributed by atoms with Gasteiger partial charge in [-0.3, -0.25) is 0 Å².